The average molecular weight is 290 g/mol. The second-order valence-electron chi connectivity index (χ2n) is 3.89. The standard InChI is InChI=1S/C13H20F2O3Si/c1-4-16-19(17-5-2,18-6-3)10-11-9-12(14)7-8-13(11)15/h7-9H,4-6,10H2,1-3H3. The first kappa shape index (κ1) is 16.2. The van der Waals surface area contributed by atoms with Gasteiger partial charge in [-0.1, -0.05) is 0 Å². The number of hydrogen-bond acceptors (Lipinski definition) is 3. The Morgan fingerprint density at radius 2 is 1.47 bits per heavy atom. The molecule has 0 radical (unpaired) electrons. The van der Waals surface area contributed by atoms with Crippen molar-refractivity contribution in [1.82, 2.24) is 0 Å². The lowest BCUT2D eigenvalue weighted by atomic mass is 10.2. The monoisotopic (exact) mass is 290 g/mol. The SMILES string of the molecule is CCO[Si](Cc1cc(F)ccc1F)(OCC)OCC. The van der Waals surface area contributed by atoms with Gasteiger partial charge in [-0.3, -0.25) is 0 Å². The maximum Gasteiger partial charge on any atom is 0.505 e. The fourth-order valence-corrected chi connectivity index (χ4v) is 4.46. The Labute approximate surface area is 113 Å². The minimum Gasteiger partial charge on any atom is -0.374 e. The molecule has 0 atom stereocenters. The summed E-state index contributed by atoms with van der Waals surface area (Å²) in [6.07, 6.45) is 0. The third-order valence-electron chi connectivity index (χ3n) is 2.51. The van der Waals surface area contributed by atoms with Crippen LogP contribution < -0.4 is 0 Å². The average Bonchev–Trinajstić information content (AvgIpc) is 2.35. The topological polar surface area (TPSA) is 27.7 Å². The first-order valence-electron chi connectivity index (χ1n) is 6.42. The zero-order valence-electron chi connectivity index (χ0n) is 11.5. The summed E-state index contributed by atoms with van der Waals surface area (Å²) in [5, 5.41) is 0. The molecule has 0 aliphatic rings. The molecule has 1 aromatic carbocycles. The third kappa shape index (κ3) is 4.65. The van der Waals surface area contributed by atoms with Crippen LogP contribution in [-0.4, -0.2) is 28.6 Å². The summed E-state index contributed by atoms with van der Waals surface area (Å²) in [5.74, 6) is -0.957. The van der Waals surface area contributed by atoms with Crippen LogP contribution in [-0.2, 0) is 19.3 Å². The Hall–Kier alpha value is -0.823. The number of benzene rings is 1. The van der Waals surface area contributed by atoms with Gasteiger partial charge in [0.2, 0.25) is 0 Å². The molecule has 0 fully saturated rings. The highest BCUT2D eigenvalue weighted by molar-refractivity contribution is 6.60. The minimum atomic E-state index is -3.00. The summed E-state index contributed by atoms with van der Waals surface area (Å²) in [5.41, 5.74) is 0.224. The van der Waals surface area contributed by atoms with Gasteiger partial charge >= 0.3 is 8.80 Å². The summed E-state index contributed by atoms with van der Waals surface area (Å²) >= 11 is 0. The lowest BCUT2D eigenvalue weighted by molar-refractivity contribution is 0.0701. The van der Waals surface area contributed by atoms with Crippen LogP contribution >= 0.6 is 0 Å². The minimum absolute atomic E-state index is 0.131. The van der Waals surface area contributed by atoms with Gasteiger partial charge in [0.25, 0.3) is 0 Å². The van der Waals surface area contributed by atoms with Gasteiger partial charge in [-0.15, -0.1) is 0 Å². The molecule has 1 aromatic rings. The van der Waals surface area contributed by atoms with E-state index >= 15 is 0 Å². The van der Waals surface area contributed by atoms with Gasteiger partial charge < -0.3 is 13.3 Å². The van der Waals surface area contributed by atoms with Crippen LogP contribution in [0.2, 0.25) is 0 Å². The largest absolute Gasteiger partial charge is 0.505 e. The summed E-state index contributed by atoms with van der Waals surface area (Å²) in [6.45, 7) is 6.68. The van der Waals surface area contributed by atoms with Crippen LogP contribution in [0.3, 0.4) is 0 Å². The van der Waals surface area contributed by atoms with Crippen molar-refractivity contribution in [2.45, 2.75) is 26.8 Å². The van der Waals surface area contributed by atoms with Crippen LogP contribution in [0.1, 0.15) is 26.3 Å². The van der Waals surface area contributed by atoms with Gasteiger partial charge in [-0.05, 0) is 44.5 Å². The molecule has 0 N–H and O–H groups in total. The first-order valence-corrected chi connectivity index (χ1v) is 8.35. The molecule has 1 rings (SSSR count). The maximum absolute atomic E-state index is 13.7. The first-order chi connectivity index (χ1) is 9.06. The predicted octanol–water partition coefficient (Wildman–Crippen LogP) is 3.09. The van der Waals surface area contributed by atoms with Crippen molar-refractivity contribution in [3.8, 4) is 0 Å². The number of rotatable bonds is 8. The summed E-state index contributed by atoms with van der Waals surface area (Å²) in [4.78, 5) is 0. The van der Waals surface area contributed by atoms with Crippen LogP contribution in [0, 0.1) is 11.6 Å². The Balaban J connectivity index is 3.00. The van der Waals surface area contributed by atoms with Crippen molar-refractivity contribution < 1.29 is 22.1 Å². The lowest BCUT2D eigenvalue weighted by Gasteiger charge is -2.28. The van der Waals surface area contributed by atoms with Gasteiger partial charge in [0.1, 0.15) is 11.6 Å². The summed E-state index contributed by atoms with van der Waals surface area (Å²) in [7, 11) is -3.00. The van der Waals surface area contributed by atoms with Gasteiger partial charge in [0.05, 0.1) is 0 Å². The molecule has 3 nitrogen and oxygen atoms in total. The van der Waals surface area contributed by atoms with Crippen LogP contribution in [0.15, 0.2) is 18.2 Å². The van der Waals surface area contributed by atoms with E-state index in [1.165, 1.54) is 0 Å². The Bertz CT molecular complexity index is 384. The fraction of sp³-hybridized carbons (Fsp3) is 0.538. The summed E-state index contributed by atoms with van der Waals surface area (Å²) in [6, 6.07) is 3.48. The van der Waals surface area contributed by atoms with Gasteiger partial charge in [0, 0.05) is 25.9 Å². The highest BCUT2D eigenvalue weighted by Crippen LogP contribution is 2.20. The number of halogens is 2. The Kier molecular flexibility index (Phi) is 6.57. The molecule has 0 bridgehead atoms. The highest BCUT2D eigenvalue weighted by Gasteiger charge is 2.41. The van der Waals surface area contributed by atoms with E-state index in [1.807, 2.05) is 20.8 Å². The van der Waals surface area contributed by atoms with Crippen molar-refractivity contribution >= 4 is 8.80 Å². The molecule has 0 aromatic heterocycles. The Morgan fingerprint density at radius 3 is 1.95 bits per heavy atom. The van der Waals surface area contributed by atoms with Crippen LogP contribution in [0.5, 0.6) is 0 Å². The van der Waals surface area contributed by atoms with E-state index in [0.29, 0.717) is 19.8 Å². The molecule has 0 aliphatic carbocycles. The predicted molar refractivity (Wildman–Crippen MR) is 70.7 cm³/mol. The molecule has 0 saturated carbocycles. The molecule has 6 heteroatoms. The van der Waals surface area contributed by atoms with E-state index in [1.54, 1.807) is 0 Å². The second kappa shape index (κ2) is 7.69. The molecule has 0 saturated heterocycles. The fourth-order valence-electron chi connectivity index (χ4n) is 1.85. The molecule has 108 valence electrons. The number of hydrogen-bond donors (Lipinski definition) is 0. The van der Waals surface area contributed by atoms with Gasteiger partial charge in [-0.2, -0.15) is 0 Å². The molecule has 0 aliphatic heterocycles. The molecule has 0 unspecified atom stereocenters. The van der Waals surface area contributed by atoms with E-state index in [0.717, 1.165) is 18.2 Å². The van der Waals surface area contributed by atoms with Crippen molar-refractivity contribution in [3.05, 3.63) is 35.4 Å². The normalized spacial score (nSPS) is 11.8. The van der Waals surface area contributed by atoms with Crippen LogP contribution in [0.25, 0.3) is 0 Å². The van der Waals surface area contributed by atoms with Gasteiger partial charge in [0.15, 0.2) is 0 Å². The third-order valence-corrected chi connectivity index (χ3v) is 5.51. The molecule has 0 spiro atoms. The zero-order chi connectivity index (χ0) is 14.3. The molecule has 0 amide bonds. The van der Waals surface area contributed by atoms with Crippen LogP contribution in [0.4, 0.5) is 8.78 Å². The maximum atomic E-state index is 13.7. The Morgan fingerprint density at radius 1 is 0.947 bits per heavy atom. The van der Waals surface area contributed by atoms with Gasteiger partial charge in [-0.25, -0.2) is 8.78 Å². The van der Waals surface area contributed by atoms with E-state index in [-0.39, 0.29) is 11.6 Å². The quantitative estimate of drug-likeness (QED) is 0.689. The lowest BCUT2D eigenvalue weighted by Crippen LogP contribution is -2.48. The molecular weight excluding hydrogens is 270 g/mol. The van der Waals surface area contributed by atoms with Crippen molar-refractivity contribution in [3.63, 3.8) is 0 Å². The van der Waals surface area contributed by atoms with E-state index < -0.39 is 20.4 Å². The zero-order valence-corrected chi connectivity index (χ0v) is 12.5. The highest BCUT2D eigenvalue weighted by atomic mass is 28.4. The molecular formula is C13H20F2O3Si. The second-order valence-corrected chi connectivity index (χ2v) is 6.48. The molecule has 19 heavy (non-hydrogen) atoms. The van der Waals surface area contributed by atoms with E-state index in [4.69, 9.17) is 13.3 Å². The summed E-state index contributed by atoms with van der Waals surface area (Å²) < 4.78 is 43.8. The van der Waals surface area contributed by atoms with E-state index in [9.17, 15) is 8.78 Å². The van der Waals surface area contributed by atoms with E-state index in [2.05, 4.69) is 0 Å². The van der Waals surface area contributed by atoms with Crippen molar-refractivity contribution in [1.29, 1.82) is 0 Å². The smallest absolute Gasteiger partial charge is 0.374 e. The van der Waals surface area contributed by atoms with Crippen molar-refractivity contribution in [2.75, 3.05) is 19.8 Å². The molecule has 0 heterocycles. The van der Waals surface area contributed by atoms with Crippen molar-refractivity contribution in [2.24, 2.45) is 0 Å².